The predicted molar refractivity (Wildman–Crippen MR) is 81.8 cm³/mol. The summed E-state index contributed by atoms with van der Waals surface area (Å²) in [6.07, 6.45) is 3.86. The lowest BCUT2D eigenvalue weighted by Crippen LogP contribution is -1.92. The van der Waals surface area contributed by atoms with Gasteiger partial charge in [-0.3, -0.25) is 5.10 Å². The lowest BCUT2D eigenvalue weighted by atomic mass is 10.1. The van der Waals surface area contributed by atoms with Crippen LogP contribution < -0.4 is 5.73 Å². The number of nitrogens with zero attached hydrogens (tertiary/aromatic N) is 1. The van der Waals surface area contributed by atoms with Crippen LogP contribution in [-0.4, -0.2) is 15.3 Å². The Balaban J connectivity index is 1.94. The van der Waals surface area contributed by atoms with Crippen LogP contribution in [0.5, 0.6) is 0 Å². The molecular weight excluding hydrogens is 250 g/mol. The molecule has 0 aliphatic rings. The molecule has 0 spiro atoms. The molecule has 0 amide bonds. The number of anilines is 1. The van der Waals surface area contributed by atoms with Crippen LogP contribution >= 0.6 is 0 Å². The summed E-state index contributed by atoms with van der Waals surface area (Å²) in [4.78, 5) is 0. The lowest BCUT2D eigenvalue weighted by Gasteiger charge is -2.02. The first-order chi connectivity index (χ1) is 9.78. The molecule has 4 N–H and O–H groups in total. The normalized spacial score (nSPS) is 11.4. The number of rotatable bonds is 3. The number of aromatic amines is 1. The molecule has 0 aliphatic carbocycles. The van der Waals surface area contributed by atoms with E-state index in [9.17, 15) is 0 Å². The van der Waals surface area contributed by atoms with E-state index in [2.05, 4.69) is 10.2 Å². The van der Waals surface area contributed by atoms with Gasteiger partial charge in [0, 0.05) is 11.1 Å². The number of fused-ring (bicyclic) bond motifs is 1. The fourth-order valence-electron chi connectivity index (χ4n) is 2.15. The average Bonchev–Trinajstić information content (AvgIpc) is 2.89. The standard InChI is InChI=1S/C16H15N3O/c17-14-9-11(10-20)5-6-12(14)7-8-16-13-3-1-2-4-15(13)18-19-16/h1-9,20H,10,17H2,(H,18,19)/b8-7+. The Labute approximate surface area is 116 Å². The molecule has 20 heavy (non-hydrogen) atoms. The van der Waals surface area contributed by atoms with Gasteiger partial charge in [-0.15, -0.1) is 0 Å². The Morgan fingerprint density at radius 1 is 1.15 bits per heavy atom. The Hall–Kier alpha value is -2.59. The van der Waals surface area contributed by atoms with E-state index >= 15 is 0 Å². The van der Waals surface area contributed by atoms with Gasteiger partial charge >= 0.3 is 0 Å². The van der Waals surface area contributed by atoms with Crippen LogP contribution in [0, 0.1) is 0 Å². The highest BCUT2D eigenvalue weighted by molar-refractivity contribution is 5.90. The molecule has 4 heteroatoms. The largest absolute Gasteiger partial charge is 0.398 e. The Morgan fingerprint density at radius 3 is 2.80 bits per heavy atom. The zero-order chi connectivity index (χ0) is 13.9. The highest BCUT2D eigenvalue weighted by Gasteiger charge is 2.02. The van der Waals surface area contributed by atoms with Gasteiger partial charge in [-0.25, -0.2) is 0 Å². The first-order valence-corrected chi connectivity index (χ1v) is 6.38. The molecule has 0 saturated carbocycles. The first kappa shape index (κ1) is 12.4. The maximum Gasteiger partial charge on any atom is 0.0927 e. The van der Waals surface area contributed by atoms with Gasteiger partial charge in [0.2, 0.25) is 0 Å². The number of hydrogen-bond acceptors (Lipinski definition) is 3. The minimum atomic E-state index is -0.00179. The SMILES string of the molecule is Nc1cc(CO)ccc1/C=C/c1n[nH]c2ccccc12. The maximum atomic E-state index is 9.06. The fraction of sp³-hybridized carbons (Fsp3) is 0.0625. The number of nitrogens with one attached hydrogen (secondary N) is 1. The molecule has 0 fully saturated rings. The van der Waals surface area contributed by atoms with Gasteiger partial charge in [-0.05, 0) is 29.3 Å². The first-order valence-electron chi connectivity index (χ1n) is 6.38. The zero-order valence-corrected chi connectivity index (χ0v) is 10.9. The summed E-state index contributed by atoms with van der Waals surface area (Å²) in [5.74, 6) is 0. The van der Waals surface area contributed by atoms with Crippen LogP contribution in [0.25, 0.3) is 23.1 Å². The molecule has 0 bridgehead atoms. The van der Waals surface area contributed by atoms with Crippen molar-refractivity contribution in [2.24, 2.45) is 0 Å². The van der Waals surface area contributed by atoms with Crippen molar-refractivity contribution >= 4 is 28.7 Å². The van der Waals surface area contributed by atoms with Gasteiger partial charge in [0.25, 0.3) is 0 Å². The predicted octanol–water partition coefficient (Wildman–Crippen LogP) is 2.81. The van der Waals surface area contributed by atoms with Crippen molar-refractivity contribution in [2.75, 3.05) is 5.73 Å². The third-order valence-electron chi connectivity index (χ3n) is 3.25. The number of aliphatic hydroxyl groups is 1. The molecule has 0 radical (unpaired) electrons. The highest BCUT2D eigenvalue weighted by Crippen LogP contribution is 2.20. The fourth-order valence-corrected chi connectivity index (χ4v) is 2.15. The minimum Gasteiger partial charge on any atom is -0.398 e. The molecule has 100 valence electrons. The molecule has 1 heterocycles. The summed E-state index contributed by atoms with van der Waals surface area (Å²) < 4.78 is 0. The molecule has 2 aromatic carbocycles. The Bertz CT molecular complexity index is 774. The van der Waals surface area contributed by atoms with Crippen molar-refractivity contribution < 1.29 is 5.11 Å². The molecule has 3 aromatic rings. The third kappa shape index (κ3) is 2.29. The highest BCUT2D eigenvalue weighted by atomic mass is 16.3. The summed E-state index contributed by atoms with van der Waals surface area (Å²) in [5.41, 5.74) is 10.2. The Kier molecular flexibility index (Phi) is 3.23. The summed E-state index contributed by atoms with van der Waals surface area (Å²) in [7, 11) is 0. The summed E-state index contributed by atoms with van der Waals surface area (Å²) in [6.45, 7) is -0.00179. The van der Waals surface area contributed by atoms with Gasteiger partial charge < -0.3 is 10.8 Å². The van der Waals surface area contributed by atoms with Crippen molar-refractivity contribution in [3.63, 3.8) is 0 Å². The molecule has 0 aliphatic heterocycles. The number of nitrogens with two attached hydrogens (primary N) is 1. The molecular formula is C16H15N3O. The summed E-state index contributed by atoms with van der Waals surface area (Å²) >= 11 is 0. The van der Waals surface area contributed by atoms with Crippen LogP contribution in [0.4, 0.5) is 5.69 Å². The quantitative estimate of drug-likeness (QED) is 0.637. The molecule has 4 nitrogen and oxygen atoms in total. The van der Waals surface area contributed by atoms with E-state index in [1.165, 1.54) is 0 Å². The topological polar surface area (TPSA) is 74.9 Å². The van der Waals surface area contributed by atoms with Gasteiger partial charge in [0.15, 0.2) is 0 Å². The van der Waals surface area contributed by atoms with Crippen LogP contribution in [0.2, 0.25) is 0 Å². The van der Waals surface area contributed by atoms with Gasteiger partial charge in [0.1, 0.15) is 0 Å². The van der Waals surface area contributed by atoms with Gasteiger partial charge in [0.05, 0.1) is 17.8 Å². The van der Waals surface area contributed by atoms with Crippen LogP contribution in [0.15, 0.2) is 42.5 Å². The van der Waals surface area contributed by atoms with Crippen molar-refractivity contribution in [3.8, 4) is 0 Å². The monoisotopic (exact) mass is 265 g/mol. The van der Waals surface area contributed by atoms with E-state index in [1.807, 2.05) is 48.6 Å². The van der Waals surface area contributed by atoms with E-state index in [0.717, 1.165) is 27.7 Å². The van der Waals surface area contributed by atoms with E-state index in [4.69, 9.17) is 10.8 Å². The van der Waals surface area contributed by atoms with Crippen molar-refractivity contribution in [1.29, 1.82) is 0 Å². The van der Waals surface area contributed by atoms with Gasteiger partial charge in [-0.2, -0.15) is 5.10 Å². The van der Waals surface area contributed by atoms with Crippen molar-refractivity contribution in [1.82, 2.24) is 10.2 Å². The molecule has 3 rings (SSSR count). The van der Waals surface area contributed by atoms with Crippen LogP contribution in [0.1, 0.15) is 16.8 Å². The second kappa shape index (κ2) is 5.19. The van der Waals surface area contributed by atoms with E-state index < -0.39 is 0 Å². The number of aromatic nitrogens is 2. The molecule has 0 unspecified atom stereocenters. The lowest BCUT2D eigenvalue weighted by molar-refractivity contribution is 0.282. The summed E-state index contributed by atoms with van der Waals surface area (Å²) in [6, 6.07) is 13.5. The molecule has 0 saturated heterocycles. The van der Waals surface area contributed by atoms with Gasteiger partial charge in [-0.1, -0.05) is 36.4 Å². The minimum absolute atomic E-state index is 0.00179. The number of para-hydroxylation sites is 1. The number of benzene rings is 2. The summed E-state index contributed by atoms with van der Waals surface area (Å²) in [5, 5.41) is 17.4. The number of nitrogen functional groups attached to an aromatic ring is 1. The zero-order valence-electron chi connectivity index (χ0n) is 10.9. The number of H-pyrrole nitrogens is 1. The van der Waals surface area contributed by atoms with Crippen LogP contribution in [0.3, 0.4) is 0 Å². The van der Waals surface area contributed by atoms with Crippen molar-refractivity contribution in [2.45, 2.75) is 6.61 Å². The second-order valence-electron chi connectivity index (χ2n) is 4.61. The second-order valence-corrected chi connectivity index (χ2v) is 4.61. The number of hydrogen-bond donors (Lipinski definition) is 3. The smallest absolute Gasteiger partial charge is 0.0927 e. The van der Waals surface area contributed by atoms with Crippen molar-refractivity contribution in [3.05, 3.63) is 59.3 Å². The molecule has 1 aromatic heterocycles. The molecule has 0 atom stereocenters. The van der Waals surface area contributed by atoms with E-state index in [1.54, 1.807) is 6.07 Å². The average molecular weight is 265 g/mol. The third-order valence-corrected chi connectivity index (χ3v) is 3.25. The maximum absolute atomic E-state index is 9.06. The van der Waals surface area contributed by atoms with E-state index in [-0.39, 0.29) is 6.61 Å². The number of aliphatic hydroxyl groups excluding tert-OH is 1. The van der Waals surface area contributed by atoms with E-state index in [0.29, 0.717) is 5.69 Å². The van der Waals surface area contributed by atoms with Crippen LogP contribution in [-0.2, 0) is 6.61 Å². The Morgan fingerprint density at radius 2 is 2.00 bits per heavy atom.